The molecular formula is C18H22ClNO4. The van der Waals surface area contributed by atoms with E-state index in [1.165, 1.54) is 0 Å². The number of benzene rings is 1. The van der Waals surface area contributed by atoms with Gasteiger partial charge in [0.25, 0.3) is 0 Å². The number of hydrogen-bond acceptors (Lipinski definition) is 5. The molecular weight excluding hydrogens is 330 g/mol. The lowest BCUT2D eigenvalue weighted by Gasteiger charge is -2.27. The molecule has 0 atom stereocenters. The summed E-state index contributed by atoms with van der Waals surface area (Å²) in [5, 5.41) is 2.30. The topological polar surface area (TPSA) is 48.0 Å². The van der Waals surface area contributed by atoms with Gasteiger partial charge >= 0.3 is 5.97 Å². The number of fused-ring (bicyclic) bond motifs is 1. The second-order valence-electron chi connectivity index (χ2n) is 5.20. The van der Waals surface area contributed by atoms with Crippen molar-refractivity contribution in [1.29, 1.82) is 0 Å². The third-order valence-electron chi connectivity index (χ3n) is 3.37. The third kappa shape index (κ3) is 5.67. The first-order chi connectivity index (χ1) is 11.7. The van der Waals surface area contributed by atoms with Crippen molar-refractivity contribution in [3.63, 3.8) is 0 Å². The quantitative estimate of drug-likeness (QED) is 0.366. The molecule has 0 saturated heterocycles. The van der Waals surface area contributed by atoms with E-state index in [-0.39, 0.29) is 12.6 Å². The van der Waals surface area contributed by atoms with Crippen molar-refractivity contribution >= 4 is 29.3 Å². The molecule has 24 heavy (non-hydrogen) atoms. The van der Waals surface area contributed by atoms with E-state index in [1.54, 1.807) is 11.1 Å². The van der Waals surface area contributed by atoms with Crippen LogP contribution in [0.3, 0.4) is 0 Å². The fourth-order valence-corrected chi connectivity index (χ4v) is 2.46. The molecule has 130 valence electrons. The Morgan fingerprint density at radius 3 is 3.00 bits per heavy atom. The molecule has 1 aromatic carbocycles. The van der Waals surface area contributed by atoms with Crippen LogP contribution in [0.15, 0.2) is 36.9 Å². The van der Waals surface area contributed by atoms with Crippen molar-refractivity contribution in [2.45, 2.75) is 12.8 Å². The van der Waals surface area contributed by atoms with Gasteiger partial charge in [-0.3, -0.25) is 4.84 Å². The van der Waals surface area contributed by atoms with E-state index in [0.29, 0.717) is 31.4 Å². The minimum atomic E-state index is -0.389. The Morgan fingerprint density at radius 2 is 2.17 bits per heavy atom. The van der Waals surface area contributed by atoms with E-state index in [1.807, 2.05) is 30.4 Å². The normalized spacial score (nSPS) is 12.8. The summed E-state index contributed by atoms with van der Waals surface area (Å²) in [5.41, 5.74) is 1.73. The Kier molecular flexibility index (Phi) is 7.82. The van der Waals surface area contributed by atoms with Crippen LogP contribution in [-0.2, 0) is 19.1 Å². The molecule has 0 fully saturated rings. The van der Waals surface area contributed by atoms with E-state index in [9.17, 15) is 4.79 Å². The molecule has 1 aliphatic rings. The van der Waals surface area contributed by atoms with Gasteiger partial charge in [-0.2, -0.15) is 0 Å². The minimum Gasteiger partial charge on any atom is -0.464 e. The maximum atomic E-state index is 11.7. The van der Waals surface area contributed by atoms with Gasteiger partial charge in [0.1, 0.15) is 0 Å². The Labute approximate surface area is 147 Å². The SMILES string of the molecule is C=CCOCCCCOC(=O)CON1CC=Cc2c(Cl)cccc21. The van der Waals surface area contributed by atoms with E-state index < -0.39 is 0 Å². The molecule has 0 spiro atoms. The monoisotopic (exact) mass is 351 g/mol. The number of nitrogens with zero attached hydrogens (tertiary/aromatic N) is 1. The van der Waals surface area contributed by atoms with Gasteiger partial charge in [-0.15, -0.1) is 6.58 Å². The lowest BCUT2D eigenvalue weighted by atomic mass is 10.1. The molecule has 6 heteroatoms. The number of carbonyl (C=O) groups is 1. The van der Waals surface area contributed by atoms with Crippen molar-refractivity contribution in [3.8, 4) is 0 Å². The molecule has 0 bridgehead atoms. The number of rotatable bonds is 10. The smallest absolute Gasteiger partial charge is 0.334 e. The molecule has 0 unspecified atom stereocenters. The first kappa shape index (κ1) is 18.5. The van der Waals surface area contributed by atoms with Crippen molar-refractivity contribution in [2.24, 2.45) is 0 Å². The number of anilines is 1. The molecule has 1 heterocycles. The largest absolute Gasteiger partial charge is 0.464 e. The van der Waals surface area contributed by atoms with Gasteiger partial charge in [0.15, 0.2) is 6.61 Å². The van der Waals surface area contributed by atoms with Gasteiger partial charge in [-0.1, -0.05) is 35.9 Å². The van der Waals surface area contributed by atoms with E-state index in [4.69, 9.17) is 25.9 Å². The molecule has 5 nitrogen and oxygen atoms in total. The number of carbonyl (C=O) groups excluding carboxylic acids is 1. The highest BCUT2D eigenvalue weighted by molar-refractivity contribution is 6.32. The van der Waals surface area contributed by atoms with Gasteiger partial charge in [-0.25, -0.2) is 9.86 Å². The minimum absolute atomic E-state index is 0.132. The summed E-state index contributed by atoms with van der Waals surface area (Å²) in [4.78, 5) is 17.3. The summed E-state index contributed by atoms with van der Waals surface area (Å²) in [5.74, 6) is -0.389. The standard InChI is InChI=1S/C18H22ClNO4/c1-2-11-22-12-3-4-13-23-18(21)14-24-20-10-6-7-15-16(19)8-5-9-17(15)20/h2,5-9H,1,3-4,10-14H2. The third-order valence-corrected chi connectivity index (χ3v) is 3.70. The first-order valence-electron chi connectivity index (χ1n) is 7.92. The van der Waals surface area contributed by atoms with E-state index in [2.05, 4.69) is 6.58 Å². The highest BCUT2D eigenvalue weighted by atomic mass is 35.5. The van der Waals surface area contributed by atoms with Crippen LogP contribution in [0.4, 0.5) is 5.69 Å². The van der Waals surface area contributed by atoms with Gasteiger partial charge in [0.2, 0.25) is 0 Å². The maximum absolute atomic E-state index is 11.7. The van der Waals surface area contributed by atoms with Crippen LogP contribution in [0, 0.1) is 0 Å². The average Bonchev–Trinajstić information content (AvgIpc) is 2.59. The second kappa shape index (κ2) is 10.1. The van der Waals surface area contributed by atoms with Gasteiger partial charge < -0.3 is 9.47 Å². The number of hydroxylamine groups is 1. The Morgan fingerprint density at radius 1 is 1.33 bits per heavy atom. The molecule has 0 N–H and O–H groups in total. The number of esters is 1. The fourth-order valence-electron chi connectivity index (χ4n) is 2.23. The highest BCUT2D eigenvalue weighted by Gasteiger charge is 2.17. The van der Waals surface area contributed by atoms with Crippen LogP contribution < -0.4 is 5.06 Å². The molecule has 0 amide bonds. The summed E-state index contributed by atoms with van der Waals surface area (Å²) in [6.07, 6.45) is 7.18. The van der Waals surface area contributed by atoms with E-state index in [0.717, 1.165) is 24.1 Å². The zero-order valence-corrected chi connectivity index (χ0v) is 14.3. The number of ether oxygens (including phenoxy) is 2. The van der Waals surface area contributed by atoms with Crippen LogP contribution in [0.5, 0.6) is 0 Å². The zero-order valence-electron chi connectivity index (χ0n) is 13.6. The van der Waals surface area contributed by atoms with Crippen molar-refractivity contribution in [2.75, 3.05) is 38.0 Å². The number of hydrogen-bond donors (Lipinski definition) is 0. The molecule has 1 aliphatic heterocycles. The van der Waals surface area contributed by atoms with Crippen LogP contribution in [-0.4, -0.2) is 38.9 Å². The molecule has 0 aromatic heterocycles. The van der Waals surface area contributed by atoms with Crippen LogP contribution in [0.1, 0.15) is 18.4 Å². The van der Waals surface area contributed by atoms with Crippen molar-refractivity contribution in [3.05, 3.63) is 47.5 Å². The maximum Gasteiger partial charge on any atom is 0.334 e. The lowest BCUT2D eigenvalue weighted by Crippen LogP contribution is -2.29. The molecule has 2 rings (SSSR count). The predicted octanol–water partition coefficient (Wildman–Crippen LogP) is 3.63. The molecule has 0 radical (unpaired) electrons. The van der Waals surface area contributed by atoms with Crippen LogP contribution >= 0.6 is 11.6 Å². The summed E-state index contributed by atoms with van der Waals surface area (Å²) in [6, 6.07) is 5.57. The van der Waals surface area contributed by atoms with Crippen molar-refractivity contribution < 1.29 is 19.1 Å². The van der Waals surface area contributed by atoms with Crippen LogP contribution in [0.2, 0.25) is 5.02 Å². The summed E-state index contributed by atoms with van der Waals surface area (Å²) in [6.45, 7) is 5.54. The summed E-state index contributed by atoms with van der Waals surface area (Å²) < 4.78 is 10.4. The molecule has 0 aliphatic carbocycles. The number of halogens is 1. The lowest BCUT2D eigenvalue weighted by molar-refractivity contribution is -0.149. The Hall–Kier alpha value is -1.82. The summed E-state index contributed by atoms with van der Waals surface area (Å²) >= 11 is 6.16. The zero-order chi connectivity index (χ0) is 17.2. The Balaban J connectivity index is 1.67. The van der Waals surface area contributed by atoms with Gasteiger partial charge in [0, 0.05) is 17.2 Å². The first-order valence-corrected chi connectivity index (χ1v) is 8.30. The molecule has 1 aromatic rings. The van der Waals surface area contributed by atoms with E-state index >= 15 is 0 Å². The fraction of sp³-hybridized carbons (Fsp3) is 0.389. The molecule has 0 saturated carbocycles. The Bertz CT molecular complexity index is 588. The van der Waals surface area contributed by atoms with Crippen LogP contribution in [0.25, 0.3) is 6.08 Å². The second-order valence-corrected chi connectivity index (χ2v) is 5.61. The summed E-state index contributed by atoms with van der Waals surface area (Å²) in [7, 11) is 0. The van der Waals surface area contributed by atoms with Crippen molar-refractivity contribution in [1.82, 2.24) is 0 Å². The van der Waals surface area contributed by atoms with Gasteiger partial charge in [0.05, 0.1) is 25.4 Å². The highest BCUT2D eigenvalue weighted by Crippen LogP contribution is 2.31. The predicted molar refractivity (Wildman–Crippen MR) is 95.0 cm³/mol. The average molecular weight is 352 g/mol. The van der Waals surface area contributed by atoms with Gasteiger partial charge in [-0.05, 0) is 25.0 Å². The number of unbranched alkanes of at least 4 members (excludes halogenated alkanes) is 1.